The summed E-state index contributed by atoms with van der Waals surface area (Å²) in [6.45, 7) is 2.62. The fourth-order valence-corrected chi connectivity index (χ4v) is 4.34. The molecule has 4 amide bonds. The predicted octanol–water partition coefficient (Wildman–Crippen LogP) is 1.90. The van der Waals surface area contributed by atoms with Crippen molar-refractivity contribution >= 4 is 35.4 Å². The van der Waals surface area contributed by atoms with Crippen LogP contribution in [0, 0.1) is 11.6 Å². The summed E-state index contributed by atoms with van der Waals surface area (Å²) in [4.78, 5) is 56.6. The maximum absolute atomic E-state index is 15.1. The van der Waals surface area contributed by atoms with Crippen molar-refractivity contribution in [2.75, 3.05) is 62.2 Å². The summed E-state index contributed by atoms with van der Waals surface area (Å²) >= 11 is 0. The van der Waals surface area contributed by atoms with Crippen LogP contribution in [0.1, 0.15) is 23.7 Å². The summed E-state index contributed by atoms with van der Waals surface area (Å²) in [7, 11) is 0. The number of aromatic nitrogens is 1. The van der Waals surface area contributed by atoms with Gasteiger partial charge < -0.3 is 29.9 Å². The minimum atomic E-state index is -0.865. The summed E-state index contributed by atoms with van der Waals surface area (Å²) in [6.07, 6.45) is 1.44. The number of alkyl carbamates (subject to hydrolysis) is 1. The lowest BCUT2D eigenvalue weighted by molar-refractivity contribution is -0.130. The van der Waals surface area contributed by atoms with Gasteiger partial charge in [0.1, 0.15) is 11.8 Å². The van der Waals surface area contributed by atoms with Crippen LogP contribution in [0.25, 0.3) is 0 Å². The zero-order chi connectivity index (χ0) is 28.6. The van der Waals surface area contributed by atoms with Crippen molar-refractivity contribution in [3.63, 3.8) is 0 Å². The molecule has 14 heteroatoms. The van der Waals surface area contributed by atoms with Crippen LogP contribution >= 0.6 is 0 Å². The molecule has 214 valence electrons. The molecule has 0 spiro atoms. The molecule has 0 bridgehead atoms. The van der Waals surface area contributed by atoms with Crippen molar-refractivity contribution in [3.05, 3.63) is 53.9 Å². The summed E-state index contributed by atoms with van der Waals surface area (Å²) in [6, 6.07) is 5.30. The number of hydrogen-bond acceptors (Lipinski definition) is 8. The first-order chi connectivity index (χ1) is 19.3. The van der Waals surface area contributed by atoms with Crippen LogP contribution in [0.2, 0.25) is 0 Å². The number of rotatable bonds is 9. The molecule has 2 aliphatic heterocycles. The highest BCUT2D eigenvalue weighted by Gasteiger charge is 2.34. The molecule has 2 saturated heterocycles. The monoisotopic (exact) mass is 560 g/mol. The van der Waals surface area contributed by atoms with E-state index in [1.54, 1.807) is 12.1 Å². The average molecular weight is 561 g/mol. The van der Waals surface area contributed by atoms with Gasteiger partial charge in [0.25, 0.3) is 5.91 Å². The minimum Gasteiger partial charge on any atom is -0.450 e. The van der Waals surface area contributed by atoms with E-state index in [2.05, 4.69) is 15.6 Å². The Labute approximate surface area is 229 Å². The molecule has 1 aromatic carbocycles. The molecule has 2 aliphatic rings. The van der Waals surface area contributed by atoms with Gasteiger partial charge >= 0.3 is 12.2 Å². The molecular weight excluding hydrogens is 530 g/mol. The molecule has 40 heavy (non-hydrogen) atoms. The van der Waals surface area contributed by atoms with Crippen molar-refractivity contribution in [2.45, 2.75) is 19.4 Å². The molecule has 2 aromatic rings. The van der Waals surface area contributed by atoms with E-state index in [1.807, 2.05) is 6.92 Å². The SMILES string of the molecule is CCCOC(=O)NC[C@H]1CN(c2cc(F)c(N3CCN(C(=O)CNC(=O)c4cccnc4)CC3)c(F)c2)C(=O)O1. The third kappa shape index (κ3) is 6.93. The number of carbonyl (C=O) groups is 4. The van der Waals surface area contributed by atoms with Gasteiger partial charge in [-0.05, 0) is 18.6 Å². The number of nitrogens with one attached hydrogen (secondary N) is 2. The van der Waals surface area contributed by atoms with E-state index < -0.39 is 35.8 Å². The van der Waals surface area contributed by atoms with Gasteiger partial charge in [-0.2, -0.15) is 0 Å². The Kier molecular flexibility index (Phi) is 9.30. The van der Waals surface area contributed by atoms with Gasteiger partial charge in [-0.25, -0.2) is 18.4 Å². The second kappa shape index (κ2) is 13.0. The number of pyridine rings is 1. The topological polar surface area (TPSA) is 133 Å². The molecule has 12 nitrogen and oxygen atoms in total. The Balaban J connectivity index is 1.30. The van der Waals surface area contributed by atoms with Gasteiger partial charge in [-0.15, -0.1) is 0 Å². The van der Waals surface area contributed by atoms with E-state index in [0.29, 0.717) is 12.0 Å². The maximum atomic E-state index is 15.1. The highest BCUT2D eigenvalue weighted by atomic mass is 19.1. The largest absolute Gasteiger partial charge is 0.450 e. The normalized spacial score (nSPS) is 16.9. The molecule has 3 heterocycles. The fraction of sp³-hybridized carbons (Fsp3) is 0.423. The number of hydrogen-bond donors (Lipinski definition) is 2. The minimum absolute atomic E-state index is 0.00994. The van der Waals surface area contributed by atoms with Gasteiger partial charge in [0.2, 0.25) is 5.91 Å². The van der Waals surface area contributed by atoms with Crippen LogP contribution in [0.15, 0.2) is 36.7 Å². The van der Waals surface area contributed by atoms with Crippen LogP contribution in [0.3, 0.4) is 0 Å². The predicted molar refractivity (Wildman–Crippen MR) is 139 cm³/mol. The van der Waals surface area contributed by atoms with E-state index >= 15 is 8.78 Å². The number of carbonyl (C=O) groups excluding carboxylic acids is 4. The van der Waals surface area contributed by atoms with Crippen molar-refractivity contribution in [3.8, 4) is 0 Å². The summed E-state index contributed by atoms with van der Waals surface area (Å²) in [5.74, 6) is -2.47. The van der Waals surface area contributed by atoms with Crippen molar-refractivity contribution in [2.24, 2.45) is 0 Å². The lowest BCUT2D eigenvalue weighted by atomic mass is 10.2. The second-order valence-electron chi connectivity index (χ2n) is 9.18. The molecule has 0 saturated carbocycles. The smallest absolute Gasteiger partial charge is 0.414 e. The standard InChI is InChI=1S/C26H30F2N6O6/c1-2-10-39-25(37)31-14-19-16-34(26(38)40-19)18-11-20(27)23(21(28)12-18)33-8-6-32(7-9-33)22(35)15-30-24(36)17-4-3-5-29-13-17/h3-5,11-13,19H,2,6-10,14-16H2,1H3,(H,30,36)(H,31,37)/t19-/m0/s1. The number of halogens is 2. The van der Waals surface area contributed by atoms with Crippen molar-refractivity contribution in [1.82, 2.24) is 20.5 Å². The molecule has 0 unspecified atom stereocenters. The Morgan fingerprint density at radius 1 is 1.12 bits per heavy atom. The molecule has 0 aliphatic carbocycles. The molecular formula is C26H30F2N6O6. The number of ether oxygens (including phenoxy) is 2. The highest BCUT2D eigenvalue weighted by molar-refractivity contribution is 5.96. The number of benzene rings is 1. The zero-order valence-electron chi connectivity index (χ0n) is 21.9. The number of anilines is 2. The number of amides is 4. The van der Waals surface area contributed by atoms with Gasteiger partial charge in [-0.1, -0.05) is 6.92 Å². The van der Waals surface area contributed by atoms with Crippen LogP contribution in [0.5, 0.6) is 0 Å². The Hall–Kier alpha value is -4.49. The van der Waals surface area contributed by atoms with E-state index in [4.69, 9.17) is 9.47 Å². The Morgan fingerprint density at radius 3 is 2.50 bits per heavy atom. The Bertz CT molecular complexity index is 1220. The zero-order valence-corrected chi connectivity index (χ0v) is 21.9. The summed E-state index contributed by atoms with van der Waals surface area (Å²) in [5, 5.41) is 5.03. The molecule has 1 aromatic heterocycles. The maximum Gasteiger partial charge on any atom is 0.414 e. The van der Waals surface area contributed by atoms with Crippen molar-refractivity contribution in [1.29, 1.82) is 0 Å². The first kappa shape index (κ1) is 28.5. The third-order valence-corrected chi connectivity index (χ3v) is 6.37. The van der Waals surface area contributed by atoms with Gasteiger partial charge in [-0.3, -0.25) is 19.5 Å². The lowest BCUT2D eigenvalue weighted by Crippen LogP contribution is -2.51. The summed E-state index contributed by atoms with van der Waals surface area (Å²) in [5.41, 5.74) is 0.0548. The van der Waals surface area contributed by atoms with Gasteiger partial charge in [0, 0.05) is 50.7 Å². The van der Waals surface area contributed by atoms with Gasteiger partial charge in [0.05, 0.1) is 37.5 Å². The van der Waals surface area contributed by atoms with E-state index in [-0.39, 0.29) is 69.7 Å². The molecule has 2 N–H and O–H groups in total. The molecule has 4 rings (SSSR count). The molecule has 0 radical (unpaired) electrons. The second-order valence-corrected chi connectivity index (χ2v) is 9.18. The fourth-order valence-electron chi connectivity index (χ4n) is 4.34. The third-order valence-electron chi connectivity index (χ3n) is 6.37. The van der Waals surface area contributed by atoms with E-state index in [0.717, 1.165) is 17.0 Å². The van der Waals surface area contributed by atoms with Crippen LogP contribution in [0.4, 0.5) is 29.7 Å². The van der Waals surface area contributed by atoms with Gasteiger partial charge in [0.15, 0.2) is 11.6 Å². The van der Waals surface area contributed by atoms with E-state index in [1.165, 1.54) is 22.2 Å². The first-order valence-electron chi connectivity index (χ1n) is 12.9. The lowest BCUT2D eigenvalue weighted by Gasteiger charge is -2.36. The highest BCUT2D eigenvalue weighted by Crippen LogP contribution is 2.31. The average Bonchev–Trinajstić information content (AvgIpc) is 3.34. The molecule has 1 atom stereocenters. The molecule has 2 fully saturated rings. The van der Waals surface area contributed by atoms with Crippen LogP contribution in [-0.2, 0) is 14.3 Å². The summed E-state index contributed by atoms with van der Waals surface area (Å²) < 4.78 is 40.3. The van der Waals surface area contributed by atoms with Crippen molar-refractivity contribution < 1.29 is 37.4 Å². The van der Waals surface area contributed by atoms with Crippen LogP contribution < -0.4 is 20.4 Å². The first-order valence-corrected chi connectivity index (χ1v) is 12.9. The van der Waals surface area contributed by atoms with Crippen LogP contribution in [-0.4, -0.2) is 92.4 Å². The Morgan fingerprint density at radius 2 is 1.85 bits per heavy atom. The number of nitrogens with zero attached hydrogens (tertiary/aromatic N) is 4. The number of cyclic esters (lactones) is 1. The quantitative estimate of drug-likeness (QED) is 0.475. The number of piperazine rings is 1. The van der Waals surface area contributed by atoms with E-state index in [9.17, 15) is 19.2 Å².